The first-order valence-corrected chi connectivity index (χ1v) is 9.04. The Morgan fingerprint density at radius 2 is 2.00 bits per heavy atom. The molecule has 3 aromatic rings. The van der Waals surface area contributed by atoms with E-state index in [1.54, 1.807) is 19.1 Å². The number of hydrogen-bond acceptors (Lipinski definition) is 4. The Kier molecular flexibility index (Phi) is 4.71. The number of halogens is 1. The Labute approximate surface area is 156 Å². The van der Waals surface area contributed by atoms with Gasteiger partial charge in [0.2, 0.25) is 0 Å². The molecule has 6 heteroatoms. The van der Waals surface area contributed by atoms with E-state index in [1.807, 2.05) is 23.1 Å². The zero-order valence-electron chi connectivity index (χ0n) is 15.1. The van der Waals surface area contributed by atoms with Crippen molar-refractivity contribution in [1.82, 2.24) is 14.9 Å². The summed E-state index contributed by atoms with van der Waals surface area (Å²) in [5, 5.41) is 0. The molecule has 1 aromatic carbocycles. The van der Waals surface area contributed by atoms with Gasteiger partial charge in [-0.3, -0.25) is 9.78 Å². The minimum Gasteiger partial charge on any atom is -0.448 e. The molecule has 0 N–H and O–H groups in total. The van der Waals surface area contributed by atoms with Crippen molar-refractivity contribution in [2.45, 2.75) is 25.7 Å². The highest BCUT2D eigenvalue weighted by Gasteiger charge is 2.27. The summed E-state index contributed by atoms with van der Waals surface area (Å²) in [5.74, 6) is 0.280. The number of rotatable bonds is 3. The second-order valence-corrected chi connectivity index (χ2v) is 6.80. The van der Waals surface area contributed by atoms with E-state index in [2.05, 4.69) is 4.98 Å². The van der Waals surface area contributed by atoms with Crippen LogP contribution < -0.4 is 0 Å². The molecule has 1 amide bonds. The summed E-state index contributed by atoms with van der Waals surface area (Å²) < 4.78 is 18.3. The molecule has 1 aliphatic rings. The predicted molar refractivity (Wildman–Crippen MR) is 98.7 cm³/mol. The van der Waals surface area contributed by atoms with E-state index >= 15 is 0 Å². The topological polar surface area (TPSA) is 59.2 Å². The smallest absolute Gasteiger partial charge is 0.275 e. The first-order valence-electron chi connectivity index (χ1n) is 9.04. The van der Waals surface area contributed by atoms with Gasteiger partial charge < -0.3 is 9.32 Å². The average Bonchev–Trinajstić information content (AvgIpc) is 3.14. The normalized spacial score (nSPS) is 17.1. The Hall–Kier alpha value is -3.02. The number of oxazole rings is 1. The van der Waals surface area contributed by atoms with Gasteiger partial charge in [-0.05, 0) is 49.2 Å². The number of aromatic nitrogens is 2. The van der Waals surface area contributed by atoms with Gasteiger partial charge in [-0.15, -0.1) is 0 Å². The fraction of sp³-hybridized carbons (Fsp3) is 0.286. The van der Waals surface area contributed by atoms with Crippen molar-refractivity contribution >= 4 is 5.91 Å². The van der Waals surface area contributed by atoms with Gasteiger partial charge in [0.1, 0.15) is 12.1 Å². The average molecular weight is 365 g/mol. The van der Waals surface area contributed by atoms with Crippen LogP contribution in [0.1, 0.15) is 40.8 Å². The molecule has 3 heterocycles. The first kappa shape index (κ1) is 17.4. The molecule has 0 saturated carbocycles. The SMILES string of the molecule is Cc1nc(C(=O)N2CCC[C@H](c3cccc(-c4ccc(F)cc4)n3)C2)co1. The maximum absolute atomic E-state index is 13.2. The van der Waals surface area contributed by atoms with Gasteiger partial charge in [0.25, 0.3) is 5.91 Å². The van der Waals surface area contributed by atoms with Crippen molar-refractivity contribution in [1.29, 1.82) is 0 Å². The molecule has 0 unspecified atom stereocenters. The highest BCUT2D eigenvalue weighted by Crippen LogP contribution is 2.28. The van der Waals surface area contributed by atoms with Crippen molar-refractivity contribution in [2.75, 3.05) is 13.1 Å². The van der Waals surface area contributed by atoms with E-state index in [9.17, 15) is 9.18 Å². The van der Waals surface area contributed by atoms with Crippen LogP contribution in [0.3, 0.4) is 0 Å². The molecule has 138 valence electrons. The van der Waals surface area contributed by atoms with Crippen LogP contribution in [0.25, 0.3) is 11.3 Å². The second kappa shape index (κ2) is 7.31. The van der Waals surface area contributed by atoms with Gasteiger partial charge in [0, 0.05) is 37.2 Å². The van der Waals surface area contributed by atoms with Crippen LogP contribution in [0.4, 0.5) is 4.39 Å². The van der Waals surface area contributed by atoms with Crippen LogP contribution >= 0.6 is 0 Å². The second-order valence-electron chi connectivity index (χ2n) is 6.80. The van der Waals surface area contributed by atoms with Gasteiger partial charge >= 0.3 is 0 Å². The Morgan fingerprint density at radius 3 is 2.74 bits per heavy atom. The molecule has 0 spiro atoms. The fourth-order valence-electron chi connectivity index (χ4n) is 3.49. The number of piperidine rings is 1. The molecule has 2 aromatic heterocycles. The quantitative estimate of drug-likeness (QED) is 0.698. The third kappa shape index (κ3) is 3.74. The fourth-order valence-corrected chi connectivity index (χ4v) is 3.49. The van der Waals surface area contributed by atoms with Crippen LogP contribution in [0, 0.1) is 12.7 Å². The number of carbonyl (C=O) groups excluding carboxylic acids is 1. The minimum absolute atomic E-state index is 0.105. The summed E-state index contributed by atoms with van der Waals surface area (Å²) in [6, 6.07) is 12.2. The molecule has 0 aliphatic carbocycles. The van der Waals surface area contributed by atoms with Gasteiger partial charge in [-0.25, -0.2) is 9.37 Å². The van der Waals surface area contributed by atoms with E-state index in [0.717, 1.165) is 29.8 Å². The molecule has 27 heavy (non-hydrogen) atoms. The molecule has 1 aliphatic heterocycles. The molecule has 4 rings (SSSR count). The summed E-state index contributed by atoms with van der Waals surface area (Å²) in [7, 11) is 0. The van der Waals surface area contributed by atoms with Crippen LogP contribution in [-0.4, -0.2) is 33.9 Å². The Bertz CT molecular complexity index is 952. The molecule has 0 bridgehead atoms. The molecule has 1 saturated heterocycles. The van der Waals surface area contributed by atoms with Crippen LogP contribution in [0.15, 0.2) is 53.1 Å². The van der Waals surface area contributed by atoms with E-state index in [4.69, 9.17) is 9.40 Å². The summed E-state index contributed by atoms with van der Waals surface area (Å²) >= 11 is 0. The number of amides is 1. The monoisotopic (exact) mass is 365 g/mol. The van der Waals surface area contributed by atoms with Crippen molar-refractivity contribution in [3.63, 3.8) is 0 Å². The number of nitrogens with zero attached hydrogens (tertiary/aromatic N) is 3. The lowest BCUT2D eigenvalue weighted by Gasteiger charge is -2.32. The van der Waals surface area contributed by atoms with Gasteiger partial charge in [0.05, 0.1) is 5.69 Å². The number of pyridine rings is 1. The van der Waals surface area contributed by atoms with E-state index in [1.165, 1.54) is 18.4 Å². The number of hydrogen-bond donors (Lipinski definition) is 0. The zero-order chi connectivity index (χ0) is 18.8. The Balaban J connectivity index is 1.54. The number of likely N-dealkylation sites (tertiary alicyclic amines) is 1. The summed E-state index contributed by atoms with van der Waals surface area (Å²) in [6.07, 6.45) is 3.30. The third-order valence-electron chi connectivity index (χ3n) is 4.88. The lowest BCUT2D eigenvalue weighted by molar-refractivity contribution is 0.0700. The Morgan fingerprint density at radius 1 is 1.19 bits per heavy atom. The molecule has 1 fully saturated rings. The molecular formula is C21H20FN3O2. The van der Waals surface area contributed by atoms with Gasteiger partial charge in [0.15, 0.2) is 11.6 Å². The lowest BCUT2D eigenvalue weighted by atomic mass is 9.93. The maximum atomic E-state index is 13.2. The van der Waals surface area contributed by atoms with Crippen LogP contribution in [-0.2, 0) is 0 Å². The minimum atomic E-state index is -0.264. The zero-order valence-corrected chi connectivity index (χ0v) is 15.1. The number of aryl methyl sites for hydroxylation is 1. The molecule has 0 radical (unpaired) electrons. The van der Waals surface area contributed by atoms with Crippen molar-refractivity contribution in [3.05, 3.63) is 71.8 Å². The summed E-state index contributed by atoms with van der Waals surface area (Å²) in [4.78, 5) is 23.4. The molecule has 1 atom stereocenters. The molecule has 5 nitrogen and oxygen atoms in total. The standard InChI is InChI=1S/C21H20FN3O2/c1-14-23-20(13-27-14)21(26)25-11-3-4-16(12-25)19-6-2-5-18(24-19)15-7-9-17(22)10-8-15/h2,5-10,13,16H,3-4,11-12H2,1H3/t16-/m0/s1. The van der Waals surface area contributed by atoms with Crippen molar-refractivity contribution in [3.8, 4) is 11.3 Å². The van der Waals surface area contributed by atoms with Crippen LogP contribution in [0.2, 0.25) is 0 Å². The lowest BCUT2D eigenvalue weighted by Crippen LogP contribution is -2.39. The van der Waals surface area contributed by atoms with Crippen molar-refractivity contribution < 1.29 is 13.6 Å². The summed E-state index contributed by atoms with van der Waals surface area (Å²) in [5.41, 5.74) is 2.98. The molecular weight excluding hydrogens is 345 g/mol. The van der Waals surface area contributed by atoms with Gasteiger partial charge in [-0.2, -0.15) is 0 Å². The highest BCUT2D eigenvalue weighted by molar-refractivity contribution is 5.92. The highest BCUT2D eigenvalue weighted by atomic mass is 19.1. The van der Waals surface area contributed by atoms with Gasteiger partial charge in [-0.1, -0.05) is 6.07 Å². The van der Waals surface area contributed by atoms with Crippen LogP contribution in [0.5, 0.6) is 0 Å². The van der Waals surface area contributed by atoms with E-state index in [0.29, 0.717) is 24.7 Å². The third-order valence-corrected chi connectivity index (χ3v) is 4.88. The van der Waals surface area contributed by atoms with E-state index in [-0.39, 0.29) is 17.6 Å². The first-order chi connectivity index (χ1) is 13.1. The largest absolute Gasteiger partial charge is 0.448 e. The van der Waals surface area contributed by atoms with E-state index < -0.39 is 0 Å². The number of carbonyl (C=O) groups is 1. The maximum Gasteiger partial charge on any atom is 0.275 e. The predicted octanol–water partition coefficient (Wildman–Crippen LogP) is 4.20. The summed E-state index contributed by atoms with van der Waals surface area (Å²) in [6.45, 7) is 3.03. The van der Waals surface area contributed by atoms with Crippen molar-refractivity contribution in [2.24, 2.45) is 0 Å². The number of benzene rings is 1.